The lowest BCUT2D eigenvalue weighted by molar-refractivity contribution is 0.820. The SMILES string of the molecule is Cc1ccc(N(C2=C3c4ccccc4N(c4ccccc4)C3CC=C2)c2cccc3c2c2ccccc2n3-c2ccccc2)cc1. The molecule has 2 aliphatic rings. The summed E-state index contributed by atoms with van der Waals surface area (Å²) in [6, 6.07) is 55.2. The molecular weight excluding hydrogens is 558 g/mol. The topological polar surface area (TPSA) is 11.4 Å². The summed E-state index contributed by atoms with van der Waals surface area (Å²) in [5.41, 5.74) is 13.5. The van der Waals surface area contributed by atoms with Crippen molar-refractivity contribution in [2.45, 2.75) is 19.4 Å². The van der Waals surface area contributed by atoms with Crippen molar-refractivity contribution in [2.75, 3.05) is 9.80 Å². The maximum absolute atomic E-state index is 2.53. The fourth-order valence-corrected chi connectivity index (χ4v) is 7.56. The molecule has 3 heteroatoms. The van der Waals surface area contributed by atoms with Crippen LogP contribution in [0.4, 0.5) is 22.7 Å². The zero-order chi connectivity index (χ0) is 30.6. The van der Waals surface area contributed by atoms with E-state index in [4.69, 9.17) is 0 Å². The molecule has 9 rings (SSSR count). The van der Waals surface area contributed by atoms with Gasteiger partial charge in [0.15, 0.2) is 0 Å². The first-order chi connectivity index (χ1) is 22.8. The molecule has 0 bridgehead atoms. The van der Waals surface area contributed by atoms with Gasteiger partial charge in [-0.15, -0.1) is 0 Å². The average Bonchev–Trinajstić information content (AvgIpc) is 3.64. The molecule has 1 aromatic heterocycles. The molecule has 3 nitrogen and oxygen atoms in total. The van der Waals surface area contributed by atoms with Gasteiger partial charge in [0.2, 0.25) is 0 Å². The number of rotatable bonds is 5. The van der Waals surface area contributed by atoms with Crippen LogP contribution in [0.25, 0.3) is 33.1 Å². The highest BCUT2D eigenvalue weighted by Crippen LogP contribution is 2.52. The monoisotopic (exact) mass is 591 g/mol. The van der Waals surface area contributed by atoms with E-state index in [2.05, 4.69) is 185 Å². The smallest absolute Gasteiger partial charge is 0.0653 e. The van der Waals surface area contributed by atoms with Crippen molar-refractivity contribution in [2.24, 2.45) is 0 Å². The molecule has 6 aromatic carbocycles. The lowest BCUT2D eigenvalue weighted by Crippen LogP contribution is -2.30. The number of hydrogen-bond acceptors (Lipinski definition) is 2. The van der Waals surface area contributed by atoms with E-state index >= 15 is 0 Å². The molecule has 220 valence electrons. The summed E-state index contributed by atoms with van der Waals surface area (Å²) in [7, 11) is 0. The molecule has 7 aromatic rings. The Hall–Kier alpha value is -5.80. The Labute approximate surface area is 269 Å². The number of benzene rings is 6. The van der Waals surface area contributed by atoms with Crippen molar-refractivity contribution in [1.29, 1.82) is 0 Å². The van der Waals surface area contributed by atoms with Crippen LogP contribution < -0.4 is 9.80 Å². The number of para-hydroxylation sites is 4. The predicted molar refractivity (Wildman–Crippen MR) is 194 cm³/mol. The summed E-state index contributed by atoms with van der Waals surface area (Å²) in [5.74, 6) is 0. The first-order valence-corrected chi connectivity index (χ1v) is 16.1. The van der Waals surface area contributed by atoms with E-state index in [0.29, 0.717) is 0 Å². The second-order valence-electron chi connectivity index (χ2n) is 12.2. The van der Waals surface area contributed by atoms with Crippen molar-refractivity contribution < 1.29 is 0 Å². The average molecular weight is 592 g/mol. The lowest BCUT2D eigenvalue weighted by atomic mass is 9.92. The number of aromatic nitrogens is 1. The summed E-state index contributed by atoms with van der Waals surface area (Å²) in [4.78, 5) is 5.04. The van der Waals surface area contributed by atoms with E-state index in [-0.39, 0.29) is 6.04 Å². The van der Waals surface area contributed by atoms with Gasteiger partial charge in [-0.1, -0.05) is 103 Å². The molecule has 2 heterocycles. The summed E-state index contributed by atoms with van der Waals surface area (Å²) in [6.45, 7) is 2.16. The van der Waals surface area contributed by atoms with E-state index in [0.717, 1.165) is 17.8 Å². The van der Waals surface area contributed by atoms with Crippen LogP contribution in [-0.4, -0.2) is 10.6 Å². The molecule has 0 saturated carbocycles. The lowest BCUT2D eigenvalue weighted by Gasteiger charge is -2.34. The normalized spacial score (nSPS) is 15.4. The maximum atomic E-state index is 2.53. The second kappa shape index (κ2) is 10.7. The van der Waals surface area contributed by atoms with Crippen molar-refractivity contribution in [3.63, 3.8) is 0 Å². The van der Waals surface area contributed by atoms with Crippen molar-refractivity contribution in [3.8, 4) is 5.69 Å². The fraction of sp³-hybridized carbons (Fsp3) is 0.0698. The van der Waals surface area contributed by atoms with E-state index in [1.54, 1.807) is 0 Å². The zero-order valence-electron chi connectivity index (χ0n) is 25.7. The third kappa shape index (κ3) is 4.05. The minimum atomic E-state index is 0.192. The van der Waals surface area contributed by atoms with Crippen LogP contribution in [0.2, 0.25) is 0 Å². The van der Waals surface area contributed by atoms with Crippen LogP contribution in [0.15, 0.2) is 170 Å². The van der Waals surface area contributed by atoms with Gasteiger partial charge in [0, 0.05) is 44.7 Å². The second-order valence-corrected chi connectivity index (χ2v) is 12.2. The van der Waals surface area contributed by atoms with Crippen LogP contribution in [0.3, 0.4) is 0 Å². The van der Waals surface area contributed by atoms with Crippen molar-refractivity contribution in [1.82, 2.24) is 4.57 Å². The third-order valence-corrected chi connectivity index (χ3v) is 9.51. The van der Waals surface area contributed by atoms with Crippen molar-refractivity contribution >= 4 is 50.1 Å². The highest BCUT2D eigenvalue weighted by atomic mass is 15.2. The van der Waals surface area contributed by atoms with E-state index in [1.165, 1.54) is 61.3 Å². The molecule has 0 fully saturated rings. The summed E-state index contributed by atoms with van der Waals surface area (Å²) >= 11 is 0. The van der Waals surface area contributed by atoms with E-state index < -0.39 is 0 Å². The highest BCUT2D eigenvalue weighted by Gasteiger charge is 2.39. The molecule has 46 heavy (non-hydrogen) atoms. The quantitative estimate of drug-likeness (QED) is 0.197. The third-order valence-electron chi connectivity index (χ3n) is 9.51. The van der Waals surface area contributed by atoms with Gasteiger partial charge < -0.3 is 14.4 Å². The number of nitrogens with zero attached hydrogens (tertiary/aromatic N) is 3. The van der Waals surface area contributed by atoms with Gasteiger partial charge in [0.05, 0.1) is 28.5 Å². The van der Waals surface area contributed by atoms with Gasteiger partial charge in [-0.2, -0.15) is 0 Å². The first-order valence-electron chi connectivity index (χ1n) is 16.1. The molecule has 0 radical (unpaired) electrons. The number of fused-ring (bicyclic) bond motifs is 6. The zero-order valence-corrected chi connectivity index (χ0v) is 25.7. The molecule has 1 aliphatic carbocycles. The summed E-state index contributed by atoms with van der Waals surface area (Å²) < 4.78 is 2.40. The Morgan fingerprint density at radius 2 is 1.28 bits per heavy atom. The van der Waals surface area contributed by atoms with Gasteiger partial charge >= 0.3 is 0 Å². The number of anilines is 4. The van der Waals surface area contributed by atoms with Gasteiger partial charge in [-0.3, -0.25) is 0 Å². The number of allylic oxidation sites excluding steroid dienone is 1. The molecule has 1 atom stereocenters. The minimum absolute atomic E-state index is 0.192. The van der Waals surface area contributed by atoms with Crippen LogP contribution in [0, 0.1) is 6.92 Å². The minimum Gasteiger partial charge on any atom is -0.333 e. The van der Waals surface area contributed by atoms with Gasteiger partial charge in [-0.05, 0) is 80.1 Å². The molecule has 0 N–H and O–H groups in total. The van der Waals surface area contributed by atoms with Gasteiger partial charge in [0.25, 0.3) is 0 Å². The Morgan fingerprint density at radius 1 is 0.609 bits per heavy atom. The molecular formula is C43H33N3. The highest BCUT2D eigenvalue weighted by molar-refractivity contribution is 6.16. The largest absolute Gasteiger partial charge is 0.333 e. The van der Waals surface area contributed by atoms with Crippen LogP contribution >= 0.6 is 0 Å². The Bertz CT molecular complexity index is 2290. The van der Waals surface area contributed by atoms with E-state index in [1.807, 2.05) is 0 Å². The molecule has 0 saturated heterocycles. The van der Waals surface area contributed by atoms with Crippen molar-refractivity contribution in [3.05, 3.63) is 181 Å². The fourth-order valence-electron chi connectivity index (χ4n) is 7.56. The van der Waals surface area contributed by atoms with Crippen LogP contribution in [-0.2, 0) is 0 Å². The Morgan fingerprint density at radius 3 is 2.09 bits per heavy atom. The Balaban J connectivity index is 1.36. The maximum Gasteiger partial charge on any atom is 0.0653 e. The molecule has 0 amide bonds. The molecule has 0 spiro atoms. The Kier molecular flexibility index (Phi) is 6.17. The van der Waals surface area contributed by atoms with Gasteiger partial charge in [-0.25, -0.2) is 0 Å². The van der Waals surface area contributed by atoms with Crippen LogP contribution in [0.1, 0.15) is 17.5 Å². The summed E-state index contributed by atoms with van der Waals surface area (Å²) in [5, 5.41) is 2.49. The first kappa shape index (κ1) is 26.6. The van der Waals surface area contributed by atoms with E-state index in [9.17, 15) is 0 Å². The number of aryl methyl sites for hydroxylation is 1. The predicted octanol–water partition coefficient (Wildman–Crippen LogP) is 11.1. The van der Waals surface area contributed by atoms with Gasteiger partial charge in [0.1, 0.15) is 0 Å². The summed E-state index contributed by atoms with van der Waals surface area (Å²) in [6.07, 6.45) is 5.66. The molecule has 1 unspecified atom stereocenters. The number of hydrogen-bond donors (Lipinski definition) is 0. The molecule has 1 aliphatic heterocycles. The van der Waals surface area contributed by atoms with Crippen LogP contribution in [0.5, 0.6) is 0 Å². The standard InChI is InChI=1S/C43H33N3/c1-30-26-28-33(29-27-30)46(40-24-12-22-38-42(40)34-18-8-10-20-36(34)44(38)31-14-4-2-5-15-31)41-25-13-23-39-43(41)35-19-9-11-21-37(35)45(39)32-16-6-3-7-17-32/h2-22,24-29,39H,23H2,1H3.